The first kappa shape index (κ1) is 11.4. The lowest BCUT2D eigenvalue weighted by Crippen LogP contribution is -2.51. The van der Waals surface area contributed by atoms with Crippen molar-refractivity contribution in [2.45, 2.75) is 37.7 Å². The molecular weight excluding hydrogens is 246 g/mol. The molecule has 2 heterocycles. The first-order valence-electron chi connectivity index (χ1n) is 7.67. The number of carbonyl (C=O) groups is 3. The third-order valence-corrected chi connectivity index (χ3v) is 3.60. The topological polar surface area (TPSA) is 69.7 Å². The van der Waals surface area contributed by atoms with Gasteiger partial charge in [0.25, 0.3) is 0 Å². The summed E-state index contributed by atoms with van der Waals surface area (Å²) in [5, 5.41) is 2.75. The number of nitrogens with one attached hydrogen (secondary N) is 1. The van der Waals surface area contributed by atoms with Crippen LogP contribution >= 0.6 is 0 Å². The monoisotopic (exact) mass is 271 g/mol. The van der Waals surface area contributed by atoms with Crippen molar-refractivity contribution in [1.82, 2.24) is 15.1 Å². The molecule has 2 fully saturated rings. The number of nitrogens with zero attached hydrogens (tertiary/aromatic N) is 2. The van der Waals surface area contributed by atoms with Gasteiger partial charge in [0.15, 0.2) is 0 Å². The van der Waals surface area contributed by atoms with Crippen molar-refractivity contribution in [3.8, 4) is 0 Å². The Morgan fingerprint density at radius 3 is 2.68 bits per heavy atom. The van der Waals surface area contributed by atoms with Gasteiger partial charge in [-0.3, -0.25) is 9.59 Å². The van der Waals surface area contributed by atoms with Crippen LogP contribution < -0.4 is 5.32 Å². The fraction of sp³-hybridized carbons (Fsp3) is 0.769. The third-order valence-electron chi connectivity index (χ3n) is 3.60. The second-order valence-electron chi connectivity index (χ2n) is 4.84. The van der Waals surface area contributed by atoms with Crippen molar-refractivity contribution in [3.63, 3.8) is 0 Å². The highest BCUT2D eigenvalue weighted by molar-refractivity contribution is 5.90. The molecule has 2 aliphatic heterocycles. The lowest BCUT2D eigenvalue weighted by atomic mass is 10.1. The summed E-state index contributed by atoms with van der Waals surface area (Å²) in [5.41, 5.74) is 0. The van der Waals surface area contributed by atoms with E-state index in [1.165, 1.54) is 9.80 Å². The minimum absolute atomic E-state index is 0.120. The largest absolute Gasteiger partial charge is 0.331 e. The van der Waals surface area contributed by atoms with Gasteiger partial charge >= 0.3 is 0 Å². The van der Waals surface area contributed by atoms with Crippen molar-refractivity contribution >= 4 is 18.1 Å². The second kappa shape index (κ2) is 6.14. The Balaban J connectivity index is 2.12. The van der Waals surface area contributed by atoms with E-state index >= 15 is 0 Å². The second-order valence-corrected chi connectivity index (χ2v) is 4.84. The maximum atomic E-state index is 12.6. The predicted octanol–water partition coefficient (Wildman–Crippen LogP) is -0.613. The molecule has 0 aromatic rings. The van der Waals surface area contributed by atoms with Crippen LogP contribution in [0.2, 0.25) is 0 Å². The van der Waals surface area contributed by atoms with Crippen LogP contribution in [0.1, 0.15) is 28.4 Å². The molecule has 0 aromatic heterocycles. The molecule has 2 saturated heterocycles. The zero-order valence-electron chi connectivity index (χ0n) is 13.0. The molecule has 6 nitrogen and oxygen atoms in total. The van der Waals surface area contributed by atoms with Crippen molar-refractivity contribution in [3.05, 3.63) is 0 Å². The van der Waals surface area contributed by atoms with Crippen molar-refractivity contribution in [2.75, 3.05) is 26.7 Å². The molecule has 2 rings (SSSR count). The molecule has 0 spiro atoms. The van der Waals surface area contributed by atoms with Crippen LogP contribution in [0.25, 0.3) is 0 Å². The first-order valence-corrected chi connectivity index (χ1v) is 6.52. The fourth-order valence-electron chi connectivity index (χ4n) is 2.61. The standard InChI is InChI=1S/C13H21N3O3/c1-14-8-12(18)16-7-3-5-11(16)13(19)15-6-2-4-10(15)9-17/h9-11,14H,2-8H2,1H3/t10-,11+/m0/s1/i2T,3T/t2?,3?,10-,11+. The van der Waals surface area contributed by atoms with Crippen LogP contribution in [-0.4, -0.2) is 66.7 Å². The smallest absolute Gasteiger partial charge is 0.245 e. The molecule has 2 amide bonds. The normalized spacial score (nSPS) is 36.1. The Morgan fingerprint density at radius 2 is 2.00 bits per heavy atom. The quantitative estimate of drug-likeness (QED) is 0.692. The van der Waals surface area contributed by atoms with Gasteiger partial charge in [-0.15, -0.1) is 0 Å². The van der Waals surface area contributed by atoms with Gasteiger partial charge < -0.3 is 19.9 Å². The highest BCUT2D eigenvalue weighted by Crippen LogP contribution is 2.24. The van der Waals surface area contributed by atoms with Gasteiger partial charge in [0.2, 0.25) is 11.8 Å². The van der Waals surface area contributed by atoms with Gasteiger partial charge in [0.05, 0.1) is 12.6 Å². The van der Waals surface area contributed by atoms with E-state index in [-0.39, 0.29) is 31.4 Å². The van der Waals surface area contributed by atoms with E-state index in [0.717, 1.165) is 0 Å². The van der Waals surface area contributed by atoms with Gasteiger partial charge in [-0.1, -0.05) is 0 Å². The Labute approximate surface area is 115 Å². The maximum absolute atomic E-state index is 12.6. The minimum Gasteiger partial charge on any atom is -0.331 e. The molecule has 2 unspecified atom stereocenters. The maximum Gasteiger partial charge on any atom is 0.245 e. The molecule has 0 aromatic carbocycles. The van der Waals surface area contributed by atoms with Gasteiger partial charge in [-0.25, -0.2) is 0 Å². The van der Waals surface area contributed by atoms with Crippen molar-refractivity contribution < 1.29 is 17.1 Å². The Morgan fingerprint density at radius 1 is 1.32 bits per heavy atom. The van der Waals surface area contributed by atoms with Crippen molar-refractivity contribution in [1.29, 1.82) is 0 Å². The molecular formula is C13H21N3O3. The SMILES string of the molecule is [3H]C1C[C@@H](C=O)N(C(=O)[C@H]2CC([3H])CN2C(=O)CNC)C1. The number of carbonyl (C=O) groups excluding carboxylic acids is 3. The van der Waals surface area contributed by atoms with E-state index in [0.29, 0.717) is 19.1 Å². The summed E-state index contributed by atoms with van der Waals surface area (Å²) in [5.74, 6) is -0.518. The highest BCUT2D eigenvalue weighted by Gasteiger charge is 2.39. The number of hydrogen-bond donors (Lipinski definition) is 1. The number of hydrogen-bond acceptors (Lipinski definition) is 4. The Kier molecular flexibility index (Phi) is 3.69. The van der Waals surface area contributed by atoms with Gasteiger partial charge in [0.1, 0.15) is 12.3 Å². The molecule has 0 aliphatic carbocycles. The summed E-state index contributed by atoms with van der Waals surface area (Å²) < 4.78 is 15.5. The van der Waals surface area contributed by atoms with Crippen LogP contribution in [0, 0.1) is 0 Å². The summed E-state index contributed by atoms with van der Waals surface area (Å²) in [7, 11) is 1.65. The lowest BCUT2D eigenvalue weighted by Gasteiger charge is -2.29. The lowest BCUT2D eigenvalue weighted by molar-refractivity contribution is -0.144. The zero-order chi connectivity index (χ0) is 15.6. The molecule has 0 radical (unpaired) electrons. The van der Waals surface area contributed by atoms with E-state index in [1.807, 2.05) is 0 Å². The molecule has 4 atom stereocenters. The summed E-state index contributed by atoms with van der Waals surface area (Å²) in [4.78, 5) is 38.5. The van der Waals surface area contributed by atoms with Gasteiger partial charge in [0, 0.05) is 15.8 Å². The van der Waals surface area contributed by atoms with E-state index in [2.05, 4.69) is 5.32 Å². The summed E-state index contributed by atoms with van der Waals surface area (Å²) in [6.07, 6.45) is 0.386. The van der Waals surface area contributed by atoms with E-state index in [4.69, 9.17) is 2.74 Å². The molecule has 2 aliphatic rings. The third kappa shape index (κ3) is 2.78. The highest BCUT2D eigenvalue weighted by atomic mass is 16.2. The number of aldehydes is 1. The Bertz CT molecular complexity index is 435. The van der Waals surface area contributed by atoms with Crippen LogP contribution in [0.5, 0.6) is 0 Å². The van der Waals surface area contributed by atoms with Crippen molar-refractivity contribution in [2.24, 2.45) is 0 Å². The minimum atomic E-state index is -0.680. The zero-order valence-corrected chi connectivity index (χ0v) is 11.0. The van der Waals surface area contributed by atoms with Crippen LogP contribution in [0.4, 0.5) is 0 Å². The number of likely N-dealkylation sites (tertiary alicyclic amines) is 2. The number of rotatable bonds is 4. The number of amides is 2. The molecule has 0 bridgehead atoms. The van der Waals surface area contributed by atoms with E-state index in [9.17, 15) is 14.4 Å². The van der Waals surface area contributed by atoms with Crippen LogP contribution in [0.3, 0.4) is 0 Å². The first-order chi connectivity index (χ1) is 9.97. The van der Waals surface area contributed by atoms with E-state index in [1.54, 1.807) is 7.05 Å². The number of likely N-dealkylation sites (N-methyl/N-ethyl adjacent to an activating group) is 1. The fourth-order valence-corrected chi connectivity index (χ4v) is 2.61. The average molecular weight is 271 g/mol. The molecule has 1 N–H and O–H groups in total. The Hall–Kier alpha value is -1.43. The van der Waals surface area contributed by atoms with Gasteiger partial charge in [-0.05, 0) is 32.7 Å². The van der Waals surface area contributed by atoms with E-state index < -0.39 is 24.9 Å². The average Bonchev–Trinajstić information content (AvgIpc) is 3.01. The molecule has 0 saturated carbocycles. The molecule has 19 heavy (non-hydrogen) atoms. The van der Waals surface area contributed by atoms with Gasteiger partial charge in [-0.2, -0.15) is 0 Å². The summed E-state index contributed by atoms with van der Waals surface area (Å²) >= 11 is 0. The molecule has 106 valence electrons. The van der Waals surface area contributed by atoms with Crippen LogP contribution in [-0.2, 0) is 14.4 Å². The molecule has 6 heteroatoms. The summed E-state index contributed by atoms with van der Waals surface area (Å²) in [6, 6.07) is -1.26. The van der Waals surface area contributed by atoms with Crippen LogP contribution in [0.15, 0.2) is 0 Å². The summed E-state index contributed by atoms with van der Waals surface area (Å²) in [6.45, 7) is 0.574. The predicted molar refractivity (Wildman–Crippen MR) is 69.5 cm³/mol.